The van der Waals surface area contributed by atoms with Crippen molar-refractivity contribution in [3.05, 3.63) is 71.7 Å². The van der Waals surface area contributed by atoms with E-state index in [2.05, 4.69) is 21.9 Å². The average Bonchev–Trinajstić information content (AvgIpc) is 2.72. The quantitative estimate of drug-likeness (QED) is 0.596. The average molecular weight is 389 g/mol. The van der Waals surface area contributed by atoms with Gasteiger partial charge in [0.05, 0.1) is 17.4 Å². The minimum absolute atomic E-state index is 0.250. The third kappa shape index (κ3) is 4.30. The molecule has 7 heteroatoms. The lowest BCUT2D eigenvalue weighted by atomic mass is 10.0. The van der Waals surface area contributed by atoms with E-state index in [-0.39, 0.29) is 11.4 Å². The lowest BCUT2D eigenvalue weighted by Crippen LogP contribution is -2.29. The van der Waals surface area contributed by atoms with Gasteiger partial charge in [-0.25, -0.2) is 9.97 Å². The molecule has 0 aliphatic carbocycles. The highest BCUT2D eigenvalue weighted by atomic mass is 16.4. The van der Waals surface area contributed by atoms with Crippen LogP contribution in [0.4, 0.5) is 0 Å². The largest absolute Gasteiger partial charge is 0.505 e. The Bertz CT molecular complexity index is 1150. The summed E-state index contributed by atoms with van der Waals surface area (Å²) in [6.07, 6.45) is 5.15. The van der Waals surface area contributed by atoms with Gasteiger partial charge in [0, 0.05) is 5.39 Å². The van der Waals surface area contributed by atoms with Crippen LogP contribution in [0.15, 0.2) is 49.2 Å². The van der Waals surface area contributed by atoms with Gasteiger partial charge in [-0.1, -0.05) is 36.9 Å². The number of carbonyl (C=O) groups excluding carboxylic acids is 1. The van der Waals surface area contributed by atoms with Crippen LogP contribution in [0.3, 0.4) is 0 Å². The molecular weight excluding hydrogens is 370 g/mol. The number of nitrogens with one attached hydrogen (secondary N) is 1. The SMILES string of the molecule is C=Cc1ccccc1/C=C(\C)c1ccc2c(O)c(C(=O)NCC(=O)O)ncc2n1. The minimum Gasteiger partial charge on any atom is -0.505 e. The summed E-state index contributed by atoms with van der Waals surface area (Å²) in [5.74, 6) is -2.30. The summed E-state index contributed by atoms with van der Waals surface area (Å²) in [6.45, 7) is 5.18. The maximum atomic E-state index is 12.0. The summed E-state index contributed by atoms with van der Waals surface area (Å²) in [4.78, 5) is 31.1. The number of hydrogen-bond acceptors (Lipinski definition) is 5. The molecule has 1 aromatic carbocycles. The molecule has 7 nitrogen and oxygen atoms in total. The summed E-state index contributed by atoms with van der Waals surface area (Å²) >= 11 is 0. The highest BCUT2D eigenvalue weighted by Gasteiger charge is 2.17. The van der Waals surface area contributed by atoms with E-state index in [0.717, 1.165) is 16.7 Å². The Morgan fingerprint density at radius 2 is 1.90 bits per heavy atom. The molecule has 3 N–H and O–H groups in total. The van der Waals surface area contributed by atoms with Crippen LogP contribution >= 0.6 is 0 Å². The highest BCUT2D eigenvalue weighted by molar-refractivity contribution is 6.01. The second-order valence-electron chi connectivity index (χ2n) is 6.32. The normalized spacial score (nSPS) is 11.3. The summed E-state index contributed by atoms with van der Waals surface area (Å²) in [5, 5.41) is 21.6. The van der Waals surface area contributed by atoms with E-state index in [1.54, 1.807) is 18.2 Å². The first-order valence-electron chi connectivity index (χ1n) is 8.79. The second-order valence-corrected chi connectivity index (χ2v) is 6.32. The minimum atomic E-state index is -1.19. The van der Waals surface area contributed by atoms with Gasteiger partial charge in [-0.2, -0.15) is 0 Å². The fourth-order valence-corrected chi connectivity index (χ4v) is 2.85. The van der Waals surface area contributed by atoms with E-state index in [0.29, 0.717) is 16.6 Å². The number of carbonyl (C=O) groups is 2. The first-order valence-corrected chi connectivity index (χ1v) is 8.79. The zero-order chi connectivity index (χ0) is 21.0. The topological polar surface area (TPSA) is 112 Å². The van der Waals surface area contributed by atoms with Crippen LogP contribution in [0, 0.1) is 0 Å². The molecule has 3 rings (SSSR count). The predicted molar refractivity (Wildman–Crippen MR) is 111 cm³/mol. The molecule has 2 heterocycles. The van der Waals surface area contributed by atoms with Crippen molar-refractivity contribution in [1.82, 2.24) is 15.3 Å². The molecule has 0 spiro atoms. The number of nitrogens with zero attached hydrogens (tertiary/aromatic N) is 2. The Morgan fingerprint density at radius 1 is 1.17 bits per heavy atom. The standard InChI is InChI=1S/C22H19N3O4/c1-3-14-6-4-5-7-15(14)10-13(2)17-9-8-16-18(25-17)11-23-20(21(16)28)22(29)24-12-19(26)27/h3-11,28H,1,12H2,2H3,(H,24,29)(H,26,27)/b13-10+. The zero-order valence-corrected chi connectivity index (χ0v) is 15.7. The number of pyridine rings is 2. The van der Waals surface area contributed by atoms with Gasteiger partial charge in [0.1, 0.15) is 6.54 Å². The van der Waals surface area contributed by atoms with E-state index in [1.165, 1.54) is 6.20 Å². The molecule has 0 bridgehead atoms. The summed E-state index contributed by atoms with van der Waals surface area (Å²) < 4.78 is 0. The number of allylic oxidation sites excluding steroid dienone is 1. The number of aromatic nitrogens is 2. The number of carboxylic acid groups (broad SMARTS) is 1. The second kappa shape index (κ2) is 8.35. The molecule has 1 amide bonds. The molecule has 29 heavy (non-hydrogen) atoms. The first-order chi connectivity index (χ1) is 13.9. The summed E-state index contributed by atoms with van der Waals surface area (Å²) in [6, 6.07) is 11.2. The van der Waals surface area contributed by atoms with Crippen LogP contribution in [0.5, 0.6) is 5.75 Å². The van der Waals surface area contributed by atoms with Gasteiger partial charge in [0.2, 0.25) is 0 Å². The molecule has 3 aromatic rings. The number of benzene rings is 1. The van der Waals surface area contributed by atoms with E-state index < -0.39 is 18.4 Å². The van der Waals surface area contributed by atoms with Crippen molar-refractivity contribution in [3.63, 3.8) is 0 Å². The zero-order valence-electron chi connectivity index (χ0n) is 15.7. The van der Waals surface area contributed by atoms with Gasteiger partial charge < -0.3 is 15.5 Å². The number of fused-ring (bicyclic) bond motifs is 1. The molecule has 0 aliphatic heterocycles. The maximum Gasteiger partial charge on any atom is 0.322 e. The molecule has 2 aromatic heterocycles. The Hall–Kier alpha value is -4.00. The van der Waals surface area contributed by atoms with Crippen LogP contribution in [0.1, 0.15) is 34.2 Å². The number of amides is 1. The van der Waals surface area contributed by atoms with Crippen LogP contribution < -0.4 is 5.32 Å². The Labute approximate surface area is 167 Å². The molecule has 146 valence electrons. The fraction of sp³-hybridized carbons (Fsp3) is 0.0909. The summed E-state index contributed by atoms with van der Waals surface area (Å²) in [5.41, 5.74) is 3.78. The van der Waals surface area contributed by atoms with Crippen molar-refractivity contribution < 1.29 is 19.8 Å². The van der Waals surface area contributed by atoms with Crippen molar-refractivity contribution in [2.45, 2.75) is 6.92 Å². The van der Waals surface area contributed by atoms with Gasteiger partial charge in [0.15, 0.2) is 11.4 Å². The van der Waals surface area contributed by atoms with E-state index in [4.69, 9.17) is 5.11 Å². The third-order valence-electron chi connectivity index (χ3n) is 4.33. The lowest BCUT2D eigenvalue weighted by molar-refractivity contribution is -0.135. The van der Waals surface area contributed by atoms with Crippen molar-refractivity contribution in [2.24, 2.45) is 0 Å². The van der Waals surface area contributed by atoms with E-state index >= 15 is 0 Å². The van der Waals surface area contributed by atoms with E-state index in [1.807, 2.05) is 37.3 Å². The molecule has 0 fully saturated rings. The lowest BCUT2D eigenvalue weighted by Gasteiger charge is -2.09. The van der Waals surface area contributed by atoms with Crippen LogP contribution in [-0.4, -0.2) is 38.6 Å². The van der Waals surface area contributed by atoms with Crippen molar-refractivity contribution in [3.8, 4) is 5.75 Å². The molecule has 0 saturated heterocycles. The van der Waals surface area contributed by atoms with Gasteiger partial charge >= 0.3 is 5.97 Å². The fourth-order valence-electron chi connectivity index (χ4n) is 2.85. The number of aromatic hydroxyl groups is 1. The van der Waals surface area contributed by atoms with Crippen LogP contribution in [0.25, 0.3) is 28.6 Å². The third-order valence-corrected chi connectivity index (χ3v) is 4.33. The smallest absolute Gasteiger partial charge is 0.322 e. The molecule has 0 unspecified atom stereocenters. The molecule has 0 atom stereocenters. The molecule has 0 radical (unpaired) electrons. The monoisotopic (exact) mass is 389 g/mol. The van der Waals surface area contributed by atoms with Gasteiger partial charge in [-0.15, -0.1) is 0 Å². The summed E-state index contributed by atoms with van der Waals surface area (Å²) in [7, 11) is 0. The maximum absolute atomic E-state index is 12.0. The number of hydrogen-bond donors (Lipinski definition) is 3. The predicted octanol–water partition coefficient (Wildman–Crippen LogP) is 3.35. The van der Waals surface area contributed by atoms with Crippen molar-refractivity contribution >= 4 is 40.5 Å². The molecule has 0 aliphatic rings. The number of aliphatic carboxylic acids is 1. The molecule has 0 saturated carbocycles. The van der Waals surface area contributed by atoms with Gasteiger partial charge in [-0.3, -0.25) is 9.59 Å². The Balaban J connectivity index is 1.95. The van der Waals surface area contributed by atoms with Crippen molar-refractivity contribution in [2.75, 3.05) is 6.54 Å². The van der Waals surface area contributed by atoms with Crippen LogP contribution in [0.2, 0.25) is 0 Å². The van der Waals surface area contributed by atoms with Crippen LogP contribution in [-0.2, 0) is 4.79 Å². The van der Waals surface area contributed by atoms with Gasteiger partial charge in [-0.05, 0) is 41.8 Å². The number of carboxylic acids is 1. The Kier molecular flexibility index (Phi) is 5.69. The first kappa shape index (κ1) is 19.8. The Morgan fingerprint density at radius 3 is 2.59 bits per heavy atom. The molecular formula is C22H19N3O4. The highest BCUT2D eigenvalue weighted by Crippen LogP contribution is 2.28. The van der Waals surface area contributed by atoms with E-state index in [9.17, 15) is 14.7 Å². The number of rotatable bonds is 6. The van der Waals surface area contributed by atoms with Gasteiger partial charge in [0.25, 0.3) is 5.91 Å². The van der Waals surface area contributed by atoms with Crippen molar-refractivity contribution in [1.29, 1.82) is 0 Å².